The van der Waals surface area contributed by atoms with Crippen LogP contribution in [-0.2, 0) is 6.54 Å². The summed E-state index contributed by atoms with van der Waals surface area (Å²) in [6, 6.07) is 10.4. The van der Waals surface area contributed by atoms with Gasteiger partial charge in [0.1, 0.15) is 0 Å². The van der Waals surface area contributed by atoms with Crippen LogP contribution in [0.2, 0.25) is 0 Å². The van der Waals surface area contributed by atoms with Crippen LogP contribution in [0, 0.1) is 0 Å². The van der Waals surface area contributed by atoms with E-state index in [1.165, 1.54) is 23.1 Å². The molecule has 0 bridgehead atoms. The number of nitrogens with one attached hydrogen (secondary N) is 1. The van der Waals surface area contributed by atoms with Gasteiger partial charge in [0.25, 0.3) is 0 Å². The summed E-state index contributed by atoms with van der Waals surface area (Å²) >= 11 is 2.08. The number of thioether (sulfide) groups is 1. The topological polar surface area (TPSA) is 40.5 Å². The van der Waals surface area contributed by atoms with E-state index in [1.54, 1.807) is 0 Å². The van der Waals surface area contributed by atoms with E-state index in [1.807, 2.05) is 12.3 Å². The Labute approximate surface area is 171 Å². The van der Waals surface area contributed by atoms with Crippen molar-refractivity contribution in [3.8, 4) is 0 Å². The summed E-state index contributed by atoms with van der Waals surface area (Å²) in [4.78, 5) is 11.9. The quantitative estimate of drug-likeness (QED) is 0.414. The fourth-order valence-corrected chi connectivity index (χ4v) is 4.22. The number of hydrogen-bond acceptors (Lipinski definition) is 3. The highest BCUT2D eigenvalue weighted by molar-refractivity contribution is 14.0. The number of aromatic nitrogens is 1. The highest BCUT2D eigenvalue weighted by Gasteiger charge is 2.21. The molecular weight excluding hydrogens is 443 g/mol. The molecular formula is C19H27IN4S. The number of benzene rings is 1. The van der Waals surface area contributed by atoms with Crippen LogP contribution in [0.15, 0.2) is 41.5 Å². The van der Waals surface area contributed by atoms with Crippen molar-refractivity contribution in [1.29, 1.82) is 0 Å². The highest BCUT2D eigenvalue weighted by atomic mass is 127. The molecule has 0 amide bonds. The minimum atomic E-state index is 0. The van der Waals surface area contributed by atoms with Crippen molar-refractivity contribution in [2.24, 2.45) is 4.99 Å². The zero-order chi connectivity index (χ0) is 16.8. The van der Waals surface area contributed by atoms with E-state index >= 15 is 0 Å². The number of para-hydroxylation sites is 1. The largest absolute Gasteiger partial charge is 0.357 e. The van der Waals surface area contributed by atoms with Gasteiger partial charge in [-0.2, -0.15) is 11.8 Å². The van der Waals surface area contributed by atoms with Crippen molar-refractivity contribution in [2.45, 2.75) is 32.1 Å². The van der Waals surface area contributed by atoms with Crippen LogP contribution in [0.4, 0.5) is 0 Å². The summed E-state index contributed by atoms with van der Waals surface area (Å²) in [7, 11) is 0. The van der Waals surface area contributed by atoms with E-state index in [9.17, 15) is 0 Å². The van der Waals surface area contributed by atoms with Crippen LogP contribution in [0.5, 0.6) is 0 Å². The van der Waals surface area contributed by atoms with Gasteiger partial charge in [-0.15, -0.1) is 24.0 Å². The summed E-state index contributed by atoms with van der Waals surface area (Å²) in [5, 5.41) is 5.35. The van der Waals surface area contributed by atoms with Crippen LogP contribution < -0.4 is 5.32 Å². The number of halogens is 1. The first-order valence-corrected chi connectivity index (χ1v) is 9.84. The minimum absolute atomic E-state index is 0. The van der Waals surface area contributed by atoms with Crippen molar-refractivity contribution in [3.63, 3.8) is 0 Å². The molecule has 136 valence electrons. The molecule has 0 aliphatic carbocycles. The Bertz CT molecular complexity index is 701. The Morgan fingerprint density at radius 3 is 2.96 bits per heavy atom. The fourth-order valence-electron chi connectivity index (χ4n) is 3.04. The molecule has 1 saturated heterocycles. The molecule has 2 aromatic rings. The molecule has 25 heavy (non-hydrogen) atoms. The van der Waals surface area contributed by atoms with Crippen molar-refractivity contribution in [3.05, 3.63) is 42.1 Å². The second-order valence-electron chi connectivity index (χ2n) is 6.01. The van der Waals surface area contributed by atoms with E-state index in [4.69, 9.17) is 4.99 Å². The Kier molecular flexibility index (Phi) is 8.29. The molecule has 1 N–H and O–H groups in total. The van der Waals surface area contributed by atoms with Gasteiger partial charge in [-0.05, 0) is 25.0 Å². The molecule has 4 nitrogen and oxygen atoms in total. The standard InChI is InChI=1S/C19H26N4S.HI/c1-3-17-14-23(11-12-24-17)19(20-4-2)22-13-16-8-5-7-15-9-6-10-21-18(15)16;/h5-10,17H,3-4,11-14H2,1-2H3,(H,20,22);1H. The van der Waals surface area contributed by atoms with Gasteiger partial charge in [0.05, 0.1) is 12.1 Å². The van der Waals surface area contributed by atoms with E-state index in [2.05, 4.69) is 65.1 Å². The van der Waals surface area contributed by atoms with E-state index in [0.717, 1.165) is 31.1 Å². The van der Waals surface area contributed by atoms with Crippen LogP contribution >= 0.6 is 35.7 Å². The second-order valence-corrected chi connectivity index (χ2v) is 7.42. The van der Waals surface area contributed by atoms with Crippen LogP contribution in [0.25, 0.3) is 10.9 Å². The molecule has 2 heterocycles. The molecule has 0 saturated carbocycles. The van der Waals surface area contributed by atoms with Gasteiger partial charge in [-0.3, -0.25) is 4.98 Å². The van der Waals surface area contributed by atoms with E-state index in [0.29, 0.717) is 11.8 Å². The van der Waals surface area contributed by atoms with Crippen molar-refractivity contribution >= 4 is 52.6 Å². The summed E-state index contributed by atoms with van der Waals surface area (Å²) < 4.78 is 0. The van der Waals surface area contributed by atoms with Crippen molar-refractivity contribution in [2.75, 3.05) is 25.4 Å². The van der Waals surface area contributed by atoms with Crippen LogP contribution in [0.3, 0.4) is 0 Å². The molecule has 1 atom stereocenters. The number of hydrogen-bond donors (Lipinski definition) is 1. The Morgan fingerprint density at radius 2 is 2.16 bits per heavy atom. The Morgan fingerprint density at radius 1 is 1.32 bits per heavy atom. The van der Waals surface area contributed by atoms with Gasteiger partial charge in [0.2, 0.25) is 0 Å². The first-order valence-electron chi connectivity index (χ1n) is 8.79. The third-order valence-electron chi connectivity index (χ3n) is 4.34. The maximum absolute atomic E-state index is 4.91. The van der Waals surface area contributed by atoms with Gasteiger partial charge >= 0.3 is 0 Å². The smallest absolute Gasteiger partial charge is 0.194 e. The maximum atomic E-state index is 4.91. The first-order chi connectivity index (χ1) is 11.8. The zero-order valence-corrected chi connectivity index (χ0v) is 18.1. The van der Waals surface area contributed by atoms with Gasteiger partial charge in [-0.25, -0.2) is 4.99 Å². The van der Waals surface area contributed by atoms with Gasteiger partial charge in [-0.1, -0.05) is 31.2 Å². The SMILES string of the molecule is CCNC(=NCc1cccc2cccnc12)N1CCSC(CC)C1.I. The summed E-state index contributed by atoms with van der Waals surface area (Å²) in [6.45, 7) is 8.11. The lowest BCUT2D eigenvalue weighted by Crippen LogP contribution is -2.48. The summed E-state index contributed by atoms with van der Waals surface area (Å²) in [6.07, 6.45) is 3.07. The molecule has 0 radical (unpaired) electrons. The number of nitrogens with zero attached hydrogens (tertiary/aromatic N) is 3. The Balaban J connectivity index is 0.00000225. The molecule has 1 aliphatic heterocycles. The molecule has 1 aromatic heterocycles. The maximum Gasteiger partial charge on any atom is 0.194 e. The van der Waals surface area contributed by atoms with E-state index in [-0.39, 0.29) is 24.0 Å². The number of aliphatic imine (C=N–C) groups is 1. The molecule has 0 spiro atoms. The number of rotatable bonds is 4. The third kappa shape index (κ3) is 5.23. The normalized spacial score (nSPS) is 18.1. The molecule has 6 heteroatoms. The van der Waals surface area contributed by atoms with Crippen LogP contribution in [0.1, 0.15) is 25.8 Å². The van der Waals surface area contributed by atoms with Crippen molar-refractivity contribution < 1.29 is 0 Å². The predicted octanol–water partition coefficient (Wildman–Crippen LogP) is 4.15. The molecule has 1 unspecified atom stereocenters. The monoisotopic (exact) mass is 470 g/mol. The van der Waals surface area contributed by atoms with Crippen LogP contribution in [-0.4, -0.2) is 46.5 Å². The first kappa shape index (κ1) is 20.3. The molecule has 1 fully saturated rings. The fraction of sp³-hybridized carbons (Fsp3) is 0.474. The summed E-state index contributed by atoms with van der Waals surface area (Å²) in [5.74, 6) is 2.21. The average Bonchev–Trinajstić information content (AvgIpc) is 2.65. The lowest BCUT2D eigenvalue weighted by molar-refractivity contribution is 0.408. The lowest BCUT2D eigenvalue weighted by Gasteiger charge is -2.34. The third-order valence-corrected chi connectivity index (χ3v) is 5.72. The minimum Gasteiger partial charge on any atom is -0.357 e. The molecule has 1 aromatic carbocycles. The number of pyridine rings is 1. The van der Waals surface area contributed by atoms with Gasteiger partial charge in [0.15, 0.2) is 5.96 Å². The second kappa shape index (κ2) is 10.2. The highest BCUT2D eigenvalue weighted by Crippen LogP contribution is 2.21. The number of guanidine groups is 1. The lowest BCUT2D eigenvalue weighted by atomic mass is 10.1. The predicted molar refractivity (Wildman–Crippen MR) is 120 cm³/mol. The molecule has 1 aliphatic rings. The van der Waals surface area contributed by atoms with Crippen molar-refractivity contribution in [1.82, 2.24) is 15.2 Å². The van der Waals surface area contributed by atoms with Gasteiger partial charge in [0, 0.05) is 42.2 Å². The average molecular weight is 470 g/mol. The Hall–Kier alpha value is -1.02. The zero-order valence-electron chi connectivity index (χ0n) is 14.9. The summed E-state index contributed by atoms with van der Waals surface area (Å²) in [5.41, 5.74) is 2.24. The molecule has 3 rings (SSSR count). The number of fused-ring (bicyclic) bond motifs is 1. The van der Waals surface area contributed by atoms with Gasteiger partial charge < -0.3 is 10.2 Å². The van der Waals surface area contributed by atoms with E-state index < -0.39 is 0 Å².